The molecular formula is C12H13N3O4. The summed E-state index contributed by atoms with van der Waals surface area (Å²) in [5.74, 6) is 1.44. The summed E-state index contributed by atoms with van der Waals surface area (Å²) in [7, 11) is 3.06. The fourth-order valence-corrected chi connectivity index (χ4v) is 1.59. The average Bonchev–Trinajstić information content (AvgIpc) is 2.37. The van der Waals surface area contributed by atoms with E-state index < -0.39 is 11.2 Å². The van der Waals surface area contributed by atoms with Gasteiger partial charge in [0, 0.05) is 12.1 Å². The van der Waals surface area contributed by atoms with E-state index in [-0.39, 0.29) is 5.82 Å². The van der Waals surface area contributed by atoms with Crippen molar-refractivity contribution in [3.8, 4) is 11.5 Å². The van der Waals surface area contributed by atoms with Gasteiger partial charge < -0.3 is 14.8 Å². The molecule has 2 aromatic rings. The van der Waals surface area contributed by atoms with Gasteiger partial charge in [-0.1, -0.05) is 0 Å². The maximum atomic E-state index is 11.2. The number of anilines is 2. The summed E-state index contributed by atoms with van der Waals surface area (Å²) in [6.07, 6.45) is 0. The van der Waals surface area contributed by atoms with E-state index in [1.165, 1.54) is 13.2 Å². The van der Waals surface area contributed by atoms with Gasteiger partial charge in [-0.05, 0) is 12.1 Å². The molecule has 0 atom stereocenters. The Bertz CT molecular complexity index is 662. The third-order valence-corrected chi connectivity index (χ3v) is 2.44. The summed E-state index contributed by atoms with van der Waals surface area (Å²) in [4.78, 5) is 26.9. The van der Waals surface area contributed by atoms with Crippen LogP contribution in [0.3, 0.4) is 0 Å². The number of aromatic amines is 2. The molecule has 1 aromatic carbocycles. The molecule has 7 nitrogen and oxygen atoms in total. The minimum Gasteiger partial charge on any atom is -0.497 e. The zero-order chi connectivity index (χ0) is 13.8. The predicted octanol–water partition coefficient (Wildman–Crippen LogP) is 0.824. The molecule has 0 aliphatic rings. The smallest absolute Gasteiger partial charge is 0.327 e. The summed E-state index contributed by atoms with van der Waals surface area (Å²) < 4.78 is 10.3. The molecule has 0 saturated carbocycles. The van der Waals surface area contributed by atoms with Gasteiger partial charge >= 0.3 is 5.69 Å². The van der Waals surface area contributed by atoms with Gasteiger partial charge in [-0.15, -0.1) is 0 Å². The van der Waals surface area contributed by atoms with E-state index in [2.05, 4.69) is 15.3 Å². The van der Waals surface area contributed by atoms with E-state index in [4.69, 9.17) is 9.47 Å². The van der Waals surface area contributed by atoms with Crippen molar-refractivity contribution in [1.29, 1.82) is 0 Å². The van der Waals surface area contributed by atoms with Crippen molar-refractivity contribution in [3.05, 3.63) is 45.1 Å². The second kappa shape index (κ2) is 5.30. The molecule has 7 heteroatoms. The predicted molar refractivity (Wildman–Crippen MR) is 70.5 cm³/mol. The molecule has 0 spiro atoms. The third-order valence-electron chi connectivity index (χ3n) is 2.44. The molecule has 1 aromatic heterocycles. The second-order valence-electron chi connectivity index (χ2n) is 3.69. The fraction of sp³-hybridized carbons (Fsp3) is 0.167. The zero-order valence-electron chi connectivity index (χ0n) is 10.4. The highest BCUT2D eigenvalue weighted by Crippen LogP contribution is 2.30. The maximum absolute atomic E-state index is 11.2. The van der Waals surface area contributed by atoms with Gasteiger partial charge in [-0.2, -0.15) is 0 Å². The SMILES string of the molecule is COc1ccc(OC)c(Nc2cc(=O)[nH]c(=O)[nH]2)c1. The Balaban J connectivity index is 2.41. The number of rotatable bonds is 4. The Kier molecular flexibility index (Phi) is 3.56. The Morgan fingerprint density at radius 2 is 1.84 bits per heavy atom. The van der Waals surface area contributed by atoms with Crippen molar-refractivity contribution in [2.45, 2.75) is 0 Å². The lowest BCUT2D eigenvalue weighted by molar-refractivity contribution is 0.405. The number of hydrogen-bond acceptors (Lipinski definition) is 5. The highest BCUT2D eigenvalue weighted by molar-refractivity contribution is 5.66. The van der Waals surface area contributed by atoms with Crippen molar-refractivity contribution in [2.24, 2.45) is 0 Å². The van der Waals surface area contributed by atoms with Crippen LogP contribution in [0.25, 0.3) is 0 Å². The first-order valence-corrected chi connectivity index (χ1v) is 5.45. The minimum atomic E-state index is -0.586. The second-order valence-corrected chi connectivity index (χ2v) is 3.69. The van der Waals surface area contributed by atoms with Crippen LogP contribution in [0.4, 0.5) is 11.5 Å². The summed E-state index contributed by atoms with van der Waals surface area (Å²) in [6, 6.07) is 6.38. The average molecular weight is 263 g/mol. The van der Waals surface area contributed by atoms with E-state index in [0.29, 0.717) is 17.2 Å². The Hall–Kier alpha value is -2.70. The number of methoxy groups -OCH3 is 2. The first-order valence-electron chi connectivity index (χ1n) is 5.45. The minimum absolute atomic E-state index is 0.264. The molecule has 2 rings (SSSR count). The van der Waals surface area contributed by atoms with Crippen LogP contribution in [0.2, 0.25) is 0 Å². The largest absolute Gasteiger partial charge is 0.497 e. The molecular weight excluding hydrogens is 250 g/mol. The van der Waals surface area contributed by atoms with E-state index >= 15 is 0 Å². The van der Waals surface area contributed by atoms with Crippen molar-refractivity contribution in [1.82, 2.24) is 9.97 Å². The van der Waals surface area contributed by atoms with Crippen LogP contribution >= 0.6 is 0 Å². The molecule has 100 valence electrons. The van der Waals surface area contributed by atoms with Crippen LogP contribution < -0.4 is 26.0 Å². The van der Waals surface area contributed by atoms with E-state index in [0.717, 1.165) is 0 Å². The normalized spacial score (nSPS) is 10.0. The van der Waals surface area contributed by atoms with Crippen LogP contribution in [0, 0.1) is 0 Å². The van der Waals surface area contributed by atoms with Crippen LogP contribution in [-0.4, -0.2) is 24.2 Å². The summed E-state index contributed by atoms with van der Waals surface area (Å²) in [6.45, 7) is 0. The molecule has 19 heavy (non-hydrogen) atoms. The first-order chi connectivity index (χ1) is 9.12. The standard InChI is InChI=1S/C12H13N3O4/c1-18-7-3-4-9(19-2)8(5-7)13-10-6-11(16)15-12(17)14-10/h3-6H,1-2H3,(H3,13,14,15,16,17). The number of aromatic nitrogens is 2. The Morgan fingerprint density at radius 3 is 2.47 bits per heavy atom. The topological polar surface area (TPSA) is 96.2 Å². The van der Waals surface area contributed by atoms with Gasteiger partial charge in [0.15, 0.2) is 0 Å². The zero-order valence-corrected chi connectivity index (χ0v) is 10.4. The van der Waals surface area contributed by atoms with Crippen molar-refractivity contribution in [3.63, 3.8) is 0 Å². The lowest BCUT2D eigenvalue weighted by Gasteiger charge is -2.12. The first kappa shape index (κ1) is 12.7. The lowest BCUT2D eigenvalue weighted by atomic mass is 10.2. The number of H-pyrrole nitrogens is 2. The van der Waals surface area contributed by atoms with Gasteiger partial charge in [-0.3, -0.25) is 14.8 Å². The third kappa shape index (κ3) is 2.95. The highest BCUT2D eigenvalue weighted by atomic mass is 16.5. The van der Waals surface area contributed by atoms with E-state index in [1.54, 1.807) is 25.3 Å². The van der Waals surface area contributed by atoms with Crippen LogP contribution in [0.15, 0.2) is 33.9 Å². The van der Waals surface area contributed by atoms with E-state index in [9.17, 15) is 9.59 Å². The van der Waals surface area contributed by atoms with Gasteiger partial charge in [0.25, 0.3) is 5.56 Å². The highest BCUT2D eigenvalue weighted by Gasteiger charge is 2.06. The quantitative estimate of drug-likeness (QED) is 0.759. The lowest BCUT2D eigenvalue weighted by Crippen LogP contribution is -2.22. The molecule has 0 saturated heterocycles. The maximum Gasteiger partial charge on any atom is 0.327 e. The van der Waals surface area contributed by atoms with Gasteiger partial charge in [0.2, 0.25) is 0 Å². The molecule has 0 amide bonds. The number of ether oxygens (including phenoxy) is 2. The summed E-state index contributed by atoms with van der Waals surface area (Å²) in [5.41, 5.74) is -0.506. The molecule has 0 radical (unpaired) electrons. The summed E-state index contributed by atoms with van der Waals surface area (Å²) in [5, 5.41) is 2.90. The molecule has 0 bridgehead atoms. The van der Waals surface area contributed by atoms with Crippen LogP contribution in [-0.2, 0) is 0 Å². The van der Waals surface area contributed by atoms with Gasteiger partial charge in [0.05, 0.1) is 19.9 Å². The van der Waals surface area contributed by atoms with Crippen LogP contribution in [0.5, 0.6) is 11.5 Å². The molecule has 0 aliphatic heterocycles. The molecule has 3 N–H and O–H groups in total. The monoisotopic (exact) mass is 263 g/mol. The Morgan fingerprint density at radius 1 is 1.05 bits per heavy atom. The molecule has 0 aliphatic carbocycles. The van der Waals surface area contributed by atoms with Crippen molar-refractivity contribution in [2.75, 3.05) is 19.5 Å². The van der Waals surface area contributed by atoms with Gasteiger partial charge in [0.1, 0.15) is 17.3 Å². The number of benzene rings is 1. The summed E-state index contributed by atoms with van der Waals surface area (Å²) >= 11 is 0. The van der Waals surface area contributed by atoms with Crippen LogP contribution in [0.1, 0.15) is 0 Å². The number of hydrogen-bond donors (Lipinski definition) is 3. The molecule has 0 unspecified atom stereocenters. The van der Waals surface area contributed by atoms with Gasteiger partial charge in [-0.25, -0.2) is 4.79 Å². The van der Waals surface area contributed by atoms with Crippen molar-refractivity contribution < 1.29 is 9.47 Å². The fourth-order valence-electron chi connectivity index (χ4n) is 1.59. The van der Waals surface area contributed by atoms with Crippen molar-refractivity contribution >= 4 is 11.5 Å². The Labute approximate surface area is 108 Å². The molecule has 0 fully saturated rings. The van der Waals surface area contributed by atoms with E-state index in [1.807, 2.05) is 0 Å². The molecule has 1 heterocycles. The number of nitrogens with one attached hydrogen (secondary N) is 3.